The standard InChI is InChI=1S/C23H24O.C18H14O2.C4H5NO3.C4H11N/c1-2-3-5-13-21(24)17-20-16-15-18-10-8-9-14-22(18)23(20)19-11-6-4-7-12-19;19-17(20)12-15-11-10-13-6-4-5-9-16(13)18(15)14-7-2-1-3-8-14;6-3-1-2-4(7)5(3)8;1-2-3-4-5/h4,6-12,14-16H,2-3,5,13,17H2,1H3;1-11H,12H2,(H,19,20);8H,1-2H2;2-5H2,1H3. The van der Waals surface area contributed by atoms with E-state index in [0.29, 0.717) is 18.6 Å². The summed E-state index contributed by atoms with van der Waals surface area (Å²) in [5.41, 5.74) is 11.6. The average Bonchev–Trinajstić information content (AvgIpc) is 3.52. The lowest BCUT2D eigenvalue weighted by molar-refractivity contribution is -0.171. The zero-order valence-electron chi connectivity index (χ0n) is 33.0. The molecular formula is C49H54N2O6. The number of unbranched alkanes of at least 4 members (excludes halogenated alkanes) is 3. The molecule has 2 amide bonds. The first-order valence-electron chi connectivity index (χ1n) is 19.8. The molecule has 1 aliphatic heterocycles. The molecule has 0 atom stereocenters. The van der Waals surface area contributed by atoms with Crippen LogP contribution in [-0.2, 0) is 32.0 Å². The van der Waals surface area contributed by atoms with Gasteiger partial charge in [0.05, 0.1) is 6.42 Å². The fourth-order valence-corrected chi connectivity index (χ4v) is 6.62. The number of hydroxylamine groups is 2. The quantitative estimate of drug-likeness (QED) is 0.0640. The molecule has 0 saturated carbocycles. The van der Waals surface area contributed by atoms with Crippen LogP contribution in [0.2, 0.25) is 0 Å². The maximum Gasteiger partial charge on any atom is 0.307 e. The van der Waals surface area contributed by atoms with Crippen molar-refractivity contribution in [1.29, 1.82) is 0 Å². The predicted octanol–water partition coefficient (Wildman–Crippen LogP) is 10.6. The number of fused-ring (bicyclic) bond motifs is 2. The minimum absolute atomic E-state index is 0.0368. The number of nitrogens with zero attached hydrogens (tertiary/aromatic N) is 1. The molecule has 8 heteroatoms. The number of imide groups is 1. The van der Waals surface area contributed by atoms with Gasteiger partial charge >= 0.3 is 5.97 Å². The number of aliphatic carboxylic acids is 1. The van der Waals surface area contributed by atoms with Crippen LogP contribution in [0.1, 0.15) is 76.3 Å². The first-order valence-corrected chi connectivity index (χ1v) is 19.8. The van der Waals surface area contributed by atoms with Crippen LogP contribution in [0.5, 0.6) is 0 Å². The molecular weight excluding hydrogens is 713 g/mol. The highest BCUT2D eigenvalue weighted by atomic mass is 16.5. The van der Waals surface area contributed by atoms with Gasteiger partial charge in [0, 0.05) is 25.7 Å². The molecule has 7 rings (SSSR count). The third-order valence-electron chi connectivity index (χ3n) is 9.53. The third kappa shape index (κ3) is 13.1. The molecule has 1 aliphatic rings. The van der Waals surface area contributed by atoms with Crippen molar-refractivity contribution in [3.63, 3.8) is 0 Å². The van der Waals surface area contributed by atoms with E-state index >= 15 is 0 Å². The monoisotopic (exact) mass is 766 g/mol. The topological polar surface area (TPSA) is 138 Å². The summed E-state index contributed by atoms with van der Waals surface area (Å²) in [7, 11) is 0. The van der Waals surface area contributed by atoms with Gasteiger partial charge in [-0.3, -0.25) is 24.4 Å². The molecule has 0 unspecified atom stereocenters. The molecule has 1 heterocycles. The third-order valence-corrected chi connectivity index (χ3v) is 9.53. The summed E-state index contributed by atoms with van der Waals surface area (Å²) in [5, 5.41) is 22.3. The van der Waals surface area contributed by atoms with Gasteiger partial charge in [-0.1, -0.05) is 167 Å². The van der Waals surface area contributed by atoms with Crippen LogP contribution in [0, 0.1) is 0 Å². The summed E-state index contributed by atoms with van der Waals surface area (Å²) < 4.78 is 0. The van der Waals surface area contributed by atoms with E-state index in [2.05, 4.69) is 74.5 Å². The number of hydrogen-bond donors (Lipinski definition) is 3. The van der Waals surface area contributed by atoms with Crippen molar-refractivity contribution < 1.29 is 29.5 Å². The highest BCUT2D eigenvalue weighted by Gasteiger charge is 2.26. The van der Waals surface area contributed by atoms with E-state index in [1.807, 2.05) is 72.8 Å². The minimum Gasteiger partial charge on any atom is -0.481 e. The Bertz CT molecular complexity index is 2200. The van der Waals surface area contributed by atoms with E-state index in [-0.39, 0.29) is 24.3 Å². The van der Waals surface area contributed by atoms with Gasteiger partial charge in [-0.2, -0.15) is 5.06 Å². The number of carboxylic acids is 1. The van der Waals surface area contributed by atoms with E-state index < -0.39 is 17.8 Å². The number of carbonyl (C=O) groups is 4. The second-order valence-corrected chi connectivity index (χ2v) is 13.9. The van der Waals surface area contributed by atoms with E-state index in [4.69, 9.17) is 16.0 Å². The Labute approximate surface area is 335 Å². The van der Waals surface area contributed by atoms with Crippen molar-refractivity contribution in [2.45, 2.75) is 78.1 Å². The number of ketones is 1. The zero-order valence-corrected chi connectivity index (χ0v) is 33.0. The summed E-state index contributed by atoms with van der Waals surface area (Å²) in [6, 6.07) is 45.0. The average molecular weight is 767 g/mol. The number of Topliss-reactive ketones (excluding diaryl/α,β-unsaturated/α-hetero) is 1. The summed E-state index contributed by atoms with van der Waals surface area (Å²) in [6.45, 7) is 5.14. The van der Waals surface area contributed by atoms with Crippen molar-refractivity contribution in [1.82, 2.24) is 5.06 Å². The van der Waals surface area contributed by atoms with Crippen LogP contribution in [0.15, 0.2) is 133 Å². The van der Waals surface area contributed by atoms with Gasteiger partial charge < -0.3 is 10.8 Å². The molecule has 0 aromatic heterocycles. The Morgan fingerprint density at radius 2 is 1.02 bits per heavy atom. The number of benzene rings is 6. The number of amides is 2. The minimum atomic E-state index is -0.808. The molecule has 57 heavy (non-hydrogen) atoms. The highest BCUT2D eigenvalue weighted by molar-refractivity contribution is 6.01. The van der Waals surface area contributed by atoms with Gasteiger partial charge in [0.2, 0.25) is 0 Å². The molecule has 1 saturated heterocycles. The fourth-order valence-electron chi connectivity index (χ4n) is 6.62. The molecule has 0 spiro atoms. The molecule has 0 bridgehead atoms. The molecule has 6 aromatic carbocycles. The van der Waals surface area contributed by atoms with Gasteiger partial charge in [-0.05, 0) is 74.3 Å². The fraction of sp³-hybridized carbons (Fsp3) is 0.265. The lowest BCUT2D eigenvalue weighted by Crippen LogP contribution is -2.24. The van der Waals surface area contributed by atoms with Crippen LogP contribution >= 0.6 is 0 Å². The van der Waals surface area contributed by atoms with Gasteiger partial charge in [-0.15, -0.1) is 0 Å². The van der Waals surface area contributed by atoms with Gasteiger partial charge in [0.25, 0.3) is 11.8 Å². The van der Waals surface area contributed by atoms with Crippen LogP contribution in [0.3, 0.4) is 0 Å². The maximum atomic E-state index is 12.4. The normalized spacial score (nSPS) is 11.9. The van der Waals surface area contributed by atoms with Crippen LogP contribution in [-0.4, -0.2) is 45.5 Å². The molecule has 296 valence electrons. The molecule has 0 radical (unpaired) electrons. The second kappa shape index (κ2) is 23.2. The lowest BCUT2D eigenvalue weighted by Gasteiger charge is -2.13. The number of hydrogen-bond acceptors (Lipinski definition) is 6. The summed E-state index contributed by atoms with van der Waals surface area (Å²) >= 11 is 0. The van der Waals surface area contributed by atoms with Crippen molar-refractivity contribution in [3.8, 4) is 22.3 Å². The Hall–Kier alpha value is -5.96. The smallest absolute Gasteiger partial charge is 0.307 e. The predicted molar refractivity (Wildman–Crippen MR) is 230 cm³/mol. The molecule has 0 aliphatic carbocycles. The lowest BCUT2D eigenvalue weighted by atomic mass is 9.90. The maximum absolute atomic E-state index is 12.4. The highest BCUT2D eigenvalue weighted by Crippen LogP contribution is 2.34. The number of nitrogens with two attached hydrogens (primary N) is 1. The van der Waals surface area contributed by atoms with E-state index in [0.717, 1.165) is 58.8 Å². The molecule has 1 fully saturated rings. The van der Waals surface area contributed by atoms with Gasteiger partial charge in [0.15, 0.2) is 0 Å². The van der Waals surface area contributed by atoms with Crippen molar-refractivity contribution in [3.05, 3.63) is 145 Å². The van der Waals surface area contributed by atoms with Crippen LogP contribution in [0.4, 0.5) is 0 Å². The molecule has 8 nitrogen and oxygen atoms in total. The second-order valence-electron chi connectivity index (χ2n) is 13.9. The number of rotatable bonds is 12. The van der Waals surface area contributed by atoms with Crippen molar-refractivity contribution in [2.75, 3.05) is 6.54 Å². The van der Waals surface area contributed by atoms with Gasteiger partial charge in [0.1, 0.15) is 5.78 Å². The SMILES string of the molecule is CCCCCC(=O)Cc1ccc2ccccc2c1-c1ccccc1.CCCCN.O=C(O)Cc1ccc2ccccc2c1-c1ccccc1.O=C1CCC(=O)N1O. The largest absolute Gasteiger partial charge is 0.481 e. The first kappa shape index (κ1) is 43.8. The Balaban J connectivity index is 0.000000195. The summed E-state index contributed by atoms with van der Waals surface area (Å²) in [6.07, 6.45) is 7.22. The molecule has 4 N–H and O–H groups in total. The van der Waals surface area contributed by atoms with Crippen molar-refractivity contribution in [2.24, 2.45) is 5.73 Å². The Kier molecular flexibility index (Phi) is 17.8. The Morgan fingerprint density at radius 3 is 1.40 bits per heavy atom. The van der Waals surface area contributed by atoms with Crippen LogP contribution < -0.4 is 5.73 Å². The number of carboxylic acid groups (broad SMARTS) is 1. The Morgan fingerprint density at radius 1 is 0.579 bits per heavy atom. The summed E-state index contributed by atoms with van der Waals surface area (Å²) in [5.74, 6) is -1.47. The first-order chi connectivity index (χ1) is 27.7. The van der Waals surface area contributed by atoms with Crippen molar-refractivity contribution >= 4 is 45.1 Å². The molecule has 6 aromatic rings. The van der Waals surface area contributed by atoms with E-state index in [1.165, 1.54) is 34.7 Å². The summed E-state index contributed by atoms with van der Waals surface area (Å²) in [4.78, 5) is 44.0. The number of carbonyl (C=O) groups excluding carboxylic acids is 3. The van der Waals surface area contributed by atoms with E-state index in [1.54, 1.807) is 0 Å². The van der Waals surface area contributed by atoms with Crippen LogP contribution in [0.25, 0.3) is 43.8 Å². The van der Waals surface area contributed by atoms with Gasteiger partial charge in [-0.25, -0.2) is 0 Å². The van der Waals surface area contributed by atoms with E-state index in [9.17, 15) is 19.2 Å². The zero-order chi connectivity index (χ0) is 41.0.